The zero-order chi connectivity index (χ0) is 33.8. The number of rotatable bonds is 29. The van der Waals surface area contributed by atoms with E-state index in [1.165, 1.54) is 0 Å². The van der Waals surface area contributed by atoms with Gasteiger partial charge in [0.2, 0.25) is 0 Å². The van der Waals surface area contributed by atoms with Crippen LogP contribution >= 0.6 is 0 Å². The molecule has 1 unspecified atom stereocenters. The monoisotopic (exact) mass is 636 g/mol. The number of unbranched alkanes of at least 4 members (excludes halogenated alkanes) is 8. The van der Waals surface area contributed by atoms with Crippen LogP contribution in [-0.4, -0.2) is 62.8 Å². The Balaban J connectivity index is 4.60. The Labute approximate surface area is 276 Å². The van der Waals surface area contributed by atoms with Gasteiger partial charge in [0.25, 0.3) is 0 Å². The molecule has 0 N–H and O–H groups in total. The topological polar surface area (TPSA) is 82.1 Å². The fourth-order valence-corrected chi connectivity index (χ4v) is 5.71. The van der Waals surface area contributed by atoms with Crippen LogP contribution in [0.2, 0.25) is 0 Å². The van der Waals surface area contributed by atoms with Crippen molar-refractivity contribution in [2.75, 3.05) is 33.9 Å². The van der Waals surface area contributed by atoms with Crippen molar-refractivity contribution in [3.63, 3.8) is 0 Å². The molecule has 0 spiro atoms. The molecule has 0 bridgehead atoms. The normalized spacial score (nSPS) is 12.8. The van der Waals surface area contributed by atoms with Gasteiger partial charge in [-0.15, -0.1) is 0 Å². The van der Waals surface area contributed by atoms with E-state index in [2.05, 4.69) is 65.8 Å². The van der Waals surface area contributed by atoms with E-state index in [1.54, 1.807) is 0 Å². The summed E-state index contributed by atoms with van der Waals surface area (Å²) in [5.74, 6) is 0.127. The molecule has 0 fully saturated rings. The maximum atomic E-state index is 13.0. The van der Waals surface area contributed by atoms with E-state index in [0.29, 0.717) is 38.4 Å². The minimum absolute atomic E-state index is 0.0905. The quantitative estimate of drug-likeness (QED) is 0.0350. The third kappa shape index (κ3) is 29.0. The Bertz CT molecular complexity index is 775. The summed E-state index contributed by atoms with van der Waals surface area (Å²) in [6, 6.07) is 0. The van der Waals surface area contributed by atoms with Crippen LogP contribution in [-0.2, 0) is 28.6 Å². The average molecular weight is 636 g/mol. The van der Waals surface area contributed by atoms with E-state index < -0.39 is 0 Å². The molecular weight excluding hydrogens is 566 g/mol. The van der Waals surface area contributed by atoms with Crippen LogP contribution in [0.4, 0.5) is 0 Å². The number of allylic oxidation sites excluding steroid dienone is 2. The lowest BCUT2D eigenvalue weighted by Crippen LogP contribution is -2.28. The van der Waals surface area contributed by atoms with Crippen LogP contribution < -0.4 is 0 Å². The van der Waals surface area contributed by atoms with Crippen molar-refractivity contribution < 1.29 is 28.6 Å². The molecule has 0 rings (SSSR count). The SMILES string of the molecule is CCC/C=C\COC(=O)CCCCCCC(CCCCCCC(=O)OC/C=C\CCC)OC(=O)CC(C)(C)CC(C)CN(C)C. The summed E-state index contributed by atoms with van der Waals surface area (Å²) in [6.07, 6.45) is 23.5. The molecule has 0 heterocycles. The van der Waals surface area contributed by atoms with Crippen molar-refractivity contribution in [2.45, 2.75) is 156 Å². The predicted octanol–water partition coefficient (Wildman–Crippen LogP) is 9.38. The smallest absolute Gasteiger partial charge is 0.306 e. The molecule has 0 aliphatic heterocycles. The Hall–Kier alpha value is -2.15. The summed E-state index contributed by atoms with van der Waals surface area (Å²) in [6.45, 7) is 12.5. The second-order valence-electron chi connectivity index (χ2n) is 13.8. The molecule has 7 nitrogen and oxygen atoms in total. The van der Waals surface area contributed by atoms with Crippen molar-refractivity contribution in [3.05, 3.63) is 24.3 Å². The zero-order valence-corrected chi connectivity index (χ0v) is 30.2. The first-order valence-electron chi connectivity index (χ1n) is 17.9. The molecule has 0 saturated carbocycles. The van der Waals surface area contributed by atoms with E-state index in [-0.39, 0.29) is 29.4 Å². The molecule has 0 aliphatic rings. The van der Waals surface area contributed by atoms with Crippen LogP contribution in [0.25, 0.3) is 0 Å². The van der Waals surface area contributed by atoms with E-state index in [4.69, 9.17) is 14.2 Å². The Morgan fingerprint density at radius 2 is 1.16 bits per heavy atom. The van der Waals surface area contributed by atoms with Gasteiger partial charge in [0.1, 0.15) is 19.3 Å². The standard InChI is InChI=1S/C38H69NO6/c1-8-10-12-22-28-43-35(40)26-20-16-14-18-24-34(45-37(42)31-38(4,5)30-33(3)32-39(6)7)25-19-15-17-21-27-36(41)44-29-23-13-11-9-2/h12-13,22-23,33-34H,8-11,14-21,24-32H2,1-7H3/b22-12-,23-13-. The minimum atomic E-state index is -0.137. The first-order valence-corrected chi connectivity index (χ1v) is 17.9. The lowest BCUT2D eigenvalue weighted by atomic mass is 9.80. The van der Waals surface area contributed by atoms with Crippen molar-refractivity contribution in [1.82, 2.24) is 4.90 Å². The number of nitrogens with zero attached hydrogens (tertiary/aromatic N) is 1. The van der Waals surface area contributed by atoms with Gasteiger partial charge in [-0.3, -0.25) is 14.4 Å². The molecule has 0 aliphatic carbocycles. The summed E-state index contributed by atoms with van der Waals surface area (Å²) >= 11 is 0. The van der Waals surface area contributed by atoms with Gasteiger partial charge in [0.15, 0.2) is 0 Å². The first-order chi connectivity index (χ1) is 21.5. The molecular formula is C38H69NO6. The largest absolute Gasteiger partial charge is 0.462 e. The number of ether oxygens (including phenoxy) is 3. The highest BCUT2D eigenvalue weighted by Gasteiger charge is 2.27. The highest BCUT2D eigenvalue weighted by molar-refractivity contribution is 5.70. The molecule has 7 heteroatoms. The average Bonchev–Trinajstić information content (AvgIpc) is 2.95. The fourth-order valence-electron chi connectivity index (χ4n) is 5.71. The van der Waals surface area contributed by atoms with E-state index >= 15 is 0 Å². The number of carbonyl (C=O) groups excluding carboxylic acids is 3. The van der Waals surface area contributed by atoms with Crippen LogP contribution in [0, 0.1) is 11.3 Å². The second kappa shape index (κ2) is 28.1. The number of hydrogen-bond acceptors (Lipinski definition) is 7. The van der Waals surface area contributed by atoms with Gasteiger partial charge in [-0.1, -0.05) is 97.4 Å². The maximum Gasteiger partial charge on any atom is 0.306 e. The first kappa shape index (κ1) is 42.9. The number of esters is 3. The molecule has 0 radical (unpaired) electrons. The van der Waals surface area contributed by atoms with Gasteiger partial charge in [-0.2, -0.15) is 0 Å². The Morgan fingerprint density at radius 3 is 1.60 bits per heavy atom. The Morgan fingerprint density at radius 1 is 0.689 bits per heavy atom. The maximum absolute atomic E-state index is 13.0. The molecule has 0 aromatic carbocycles. The van der Waals surface area contributed by atoms with Crippen molar-refractivity contribution in [3.8, 4) is 0 Å². The fraction of sp³-hybridized carbons (Fsp3) is 0.816. The third-order valence-electron chi connectivity index (χ3n) is 7.74. The van der Waals surface area contributed by atoms with Gasteiger partial charge in [0, 0.05) is 19.4 Å². The minimum Gasteiger partial charge on any atom is -0.462 e. The summed E-state index contributed by atoms with van der Waals surface area (Å²) in [5.41, 5.74) is -0.113. The predicted molar refractivity (Wildman–Crippen MR) is 186 cm³/mol. The van der Waals surface area contributed by atoms with Gasteiger partial charge >= 0.3 is 17.9 Å². The molecule has 0 aromatic rings. The third-order valence-corrected chi connectivity index (χ3v) is 7.74. The lowest BCUT2D eigenvalue weighted by molar-refractivity contribution is -0.152. The molecule has 1 atom stereocenters. The molecule has 262 valence electrons. The molecule has 0 aromatic heterocycles. The zero-order valence-electron chi connectivity index (χ0n) is 30.2. The van der Waals surface area contributed by atoms with Crippen molar-refractivity contribution >= 4 is 17.9 Å². The van der Waals surface area contributed by atoms with Crippen LogP contribution in [0.15, 0.2) is 24.3 Å². The van der Waals surface area contributed by atoms with E-state index in [1.807, 2.05) is 12.2 Å². The van der Waals surface area contributed by atoms with Crippen LogP contribution in [0.3, 0.4) is 0 Å². The van der Waals surface area contributed by atoms with Crippen molar-refractivity contribution in [1.29, 1.82) is 0 Å². The highest BCUT2D eigenvalue weighted by atomic mass is 16.5. The van der Waals surface area contributed by atoms with E-state index in [0.717, 1.165) is 103 Å². The lowest BCUT2D eigenvalue weighted by Gasteiger charge is -2.29. The van der Waals surface area contributed by atoms with E-state index in [9.17, 15) is 14.4 Å². The second-order valence-corrected chi connectivity index (χ2v) is 13.8. The highest BCUT2D eigenvalue weighted by Crippen LogP contribution is 2.30. The number of carbonyl (C=O) groups is 3. The molecule has 0 saturated heterocycles. The number of hydrogen-bond donors (Lipinski definition) is 0. The molecule has 45 heavy (non-hydrogen) atoms. The van der Waals surface area contributed by atoms with Crippen LogP contribution in [0.5, 0.6) is 0 Å². The summed E-state index contributed by atoms with van der Waals surface area (Å²) in [7, 11) is 4.17. The summed E-state index contributed by atoms with van der Waals surface area (Å²) in [5, 5.41) is 0. The Kier molecular flexibility index (Phi) is 26.8. The van der Waals surface area contributed by atoms with Crippen LogP contribution in [0.1, 0.15) is 150 Å². The van der Waals surface area contributed by atoms with Gasteiger partial charge in [-0.25, -0.2) is 0 Å². The van der Waals surface area contributed by atoms with Gasteiger partial charge in [0.05, 0.1) is 6.42 Å². The van der Waals surface area contributed by atoms with Crippen molar-refractivity contribution in [2.24, 2.45) is 11.3 Å². The summed E-state index contributed by atoms with van der Waals surface area (Å²) in [4.78, 5) is 39.1. The van der Waals surface area contributed by atoms with Gasteiger partial charge < -0.3 is 19.1 Å². The summed E-state index contributed by atoms with van der Waals surface area (Å²) < 4.78 is 16.6. The molecule has 0 amide bonds. The van der Waals surface area contributed by atoms with Gasteiger partial charge in [-0.05, 0) is 83.2 Å².